The molecule has 20 heavy (non-hydrogen) atoms. The molecule has 0 aliphatic carbocycles. The Labute approximate surface area is 120 Å². The zero-order chi connectivity index (χ0) is 15.2. The molecule has 0 aromatic heterocycles. The molecule has 0 aromatic carbocycles. The van der Waals surface area contributed by atoms with E-state index in [1.165, 1.54) is 0 Å². The number of allylic oxidation sites excluding steroid dienone is 1. The smallest absolute Gasteiger partial charge is 0.410 e. The minimum absolute atomic E-state index is 0.239. The highest BCUT2D eigenvalue weighted by atomic mass is 16.6. The molecular formula is C15H25NO4. The highest BCUT2D eigenvalue weighted by molar-refractivity contribution is 5.75. The lowest BCUT2D eigenvalue weighted by Crippen LogP contribution is -2.45. The van der Waals surface area contributed by atoms with Gasteiger partial charge in [-0.05, 0) is 40.5 Å². The summed E-state index contributed by atoms with van der Waals surface area (Å²) in [6, 6.07) is 0. The summed E-state index contributed by atoms with van der Waals surface area (Å²) in [4.78, 5) is 25.5. The third-order valence-electron chi connectivity index (χ3n) is 2.96. The highest BCUT2D eigenvalue weighted by Crippen LogP contribution is 2.20. The van der Waals surface area contributed by atoms with Gasteiger partial charge in [0.05, 0.1) is 5.92 Å². The van der Waals surface area contributed by atoms with Crippen molar-refractivity contribution in [2.45, 2.75) is 46.1 Å². The number of carbonyl (C=O) groups is 2. The summed E-state index contributed by atoms with van der Waals surface area (Å²) in [7, 11) is 0. The molecule has 0 saturated carbocycles. The Balaban J connectivity index is 2.49. The molecule has 0 radical (unpaired) electrons. The molecule has 0 aromatic rings. The quantitative estimate of drug-likeness (QED) is 0.590. The monoisotopic (exact) mass is 283 g/mol. The standard InChI is InChI=1S/C15H25NO4/c1-5-6-10-19-13(17)12-8-7-9-16(11-12)14(18)20-15(2,3)4/h5-6,12H,7-11H2,1-4H3/b6-5-. The van der Waals surface area contributed by atoms with Crippen LogP contribution >= 0.6 is 0 Å². The van der Waals surface area contributed by atoms with Gasteiger partial charge in [0, 0.05) is 13.1 Å². The number of amides is 1. The molecule has 114 valence electrons. The first-order chi connectivity index (χ1) is 9.33. The molecular weight excluding hydrogens is 258 g/mol. The summed E-state index contributed by atoms with van der Waals surface area (Å²) < 4.78 is 10.5. The van der Waals surface area contributed by atoms with E-state index in [2.05, 4.69) is 0 Å². The molecule has 1 atom stereocenters. The fourth-order valence-corrected chi connectivity index (χ4v) is 2.01. The summed E-state index contributed by atoms with van der Waals surface area (Å²) in [5, 5.41) is 0. The van der Waals surface area contributed by atoms with Crippen molar-refractivity contribution in [2.24, 2.45) is 5.92 Å². The molecule has 1 aliphatic rings. The number of likely N-dealkylation sites (tertiary alicyclic amines) is 1. The molecule has 1 rings (SSSR count). The van der Waals surface area contributed by atoms with Gasteiger partial charge in [0.2, 0.25) is 0 Å². The van der Waals surface area contributed by atoms with Crippen LogP contribution in [-0.4, -0.2) is 42.3 Å². The molecule has 1 amide bonds. The Morgan fingerprint density at radius 2 is 2.05 bits per heavy atom. The van der Waals surface area contributed by atoms with Crippen LogP contribution in [0.2, 0.25) is 0 Å². The summed E-state index contributed by atoms with van der Waals surface area (Å²) >= 11 is 0. The third kappa shape index (κ3) is 5.63. The lowest BCUT2D eigenvalue weighted by Gasteiger charge is -2.33. The number of hydrogen-bond donors (Lipinski definition) is 0. The summed E-state index contributed by atoms with van der Waals surface area (Å²) in [6.45, 7) is 8.67. The average Bonchev–Trinajstić information content (AvgIpc) is 2.37. The zero-order valence-corrected chi connectivity index (χ0v) is 12.8. The minimum atomic E-state index is -0.517. The van der Waals surface area contributed by atoms with Gasteiger partial charge in [0.25, 0.3) is 0 Å². The molecule has 5 nitrogen and oxygen atoms in total. The van der Waals surface area contributed by atoms with Gasteiger partial charge in [-0.25, -0.2) is 4.79 Å². The van der Waals surface area contributed by atoms with Crippen molar-refractivity contribution in [3.05, 3.63) is 12.2 Å². The number of carbonyl (C=O) groups excluding carboxylic acids is 2. The van der Waals surface area contributed by atoms with Crippen LogP contribution in [0.1, 0.15) is 40.5 Å². The first-order valence-electron chi connectivity index (χ1n) is 7.09. The van der Waals surface area contributed by atoms with Gasteiger partial charge in [-0.2, -0.15) is 0 Å². The van der Waals surface area contributed by atoms with Crippen LogP contribution in [0.5, 0.6) is 0 Å². The maximum atomic E-state index is 12.0. The van der Waals surface area contributed by atoms with Crippen molar-refractivity contribution in [1.82, 2.24) is 4.90 Å². The normalized spacial score (nSPS) is 20.0. The van der Waals surface area contributed by atoms with Crippen molar-refractivity contribution in [1.29, 1.82) is 0 Å². The van der Waals surface area contributed by atoms with Gasteiger partial charge in [-0.3, -0.25) is 4.79 Å². The number of rotatable bonds is 3. The average molecular weight is 283 g/mol. The van der Waals surface area contributed by atoms with E-state index in [1.807, 2.05) is 33.8 Å². The predicted octanol–water partition coefficient (Wildman–Crippen LogP) is 2.75. The first kappa shape index (κ1) is 16.5. The van der Waals surface area contributed by atoms with E-state index < -0.39 is 5.60 Å². The van der Waals surface area contributed by atoms with E-state index in [9.17, 15) is 9.59 Å². The Kier molecular flexibility index (Phi) is 6.05. The number of nitrogens with zero attached hydrogens (tertiary/aromatic N) is 1. The maximum Gasteiger partial charge on any atom is 0.410 e. The van der Waals surface area contributed by atoms with E-state index in [4.69, 9.17) is 9.47 Å². The van der Waals surface area contributed by atoms with Gasteiger partial charge >= 0.3 is 12.1 Å². The maximum absolute atomic E-state index is 12.0. The summed E-state index contributed by atoms with van der Waals surface area (Å²) in [5.74, 6) is -0.488. The van der Waals surface area contributed by atoms with Crippen molar-refractivity contribution < 1.29 is 19.1 Å². The molecule has 1 saturated heterocycles. The number of esters is 1. The van der Waals surface area contributed by atoms with Crippen LogP contribution in [0.25, 0.3) is 0 Å². The first-order valence-corrected chi connectivity index (χ1v) is 7.09. The molecule has 1 fully saturated rings. The minimum Gasteiger partial charge on any atom is -0.461 e. The van der Waals surface area contributed by atoms with Gasteiger partial charge < -0.3 is 14.4 Å². The van der Waals surface area contributed by atoms with E-state index in [1.54, 1.807) is 11.0 Å². The number of hydrogen-bond acceptors (Lipinski definition) is 4. The van der Waals surface area contributed by atoms with E-state index >= 15 is 0 Å². The van der Waals surface area contributed by atoms with E-state index in [-0.39, 0.29) is 24.6 Å². The van der Waals surface area contributed by atoms with Crippen LogP contribution in [0, 0.1) is 5.92 Å². The second-order valence-electron chi connectivity index (χ2n) is 5.96. The van der Waals surface area contributed by atoms with Crippen LogP contribution in [0.3, 0.4) is 0 Å². The Bertz CT molecular complexity index is 371. The lowest BCUT2D eigenvalue weighted by atomic mass is 9.98. The van der Waals surface area contributed by atoms with Gasteiger partial charge in [0.1, 0.15) is 12.2 Å². The number of ether oxygens (including phenoxy) is 2. The van der Waals surface area contributed by atoms with E-state index in [0.29, 0.717) is 13.1 Å². The second kappa shape index (κ2) is 7.31. The molecule has 0 spiro atoms. The lowest BCUT2D eigenvalue weighted by molar-refractivity contribution is -0.148. The highest BCUT2D eigenvalue weighted by Gasteiger charge is 2.31. The molecule has 1 unspecified atom stereocenters. The van der Waals surface area contributed by atoms with Crippen LogP contribution < -0.4 is 0 Å². The van der Waals surface area contributed by atoms with Crippen LogP contribution in [-0.2, 0) is 14.3 Å². The van der Waals surface area contributed by atoms with Crippen molar-refractivity contribution in [3.8, 4) is 0 Å². The fourth-order valence-electron chi connectivity index (χ4n) is 2.01. The Morgan fingerprint density at radius 1 is 1.35 bits per heavy atom. The van der Waals surface area contributed by atoms with E-state index in [0.717, 1.165) is 12.8 Å². The van der Waals surface area contributed by atoms with Crippen molar-refractivity contribution >= 4 is 12.1 Å². The summed E-state index contributed by atoms with van der Waals surface area (Å²) in [6.07, 6.45) is 4.81. The largest absolute Gasteiger partial charge is 0.461 e. The Morgan fingerprint density at radius 3 is 2.65 bits per heavy atom. The van der Waals surface area contributed by atoms with Crippen LogP contribution in [0.4, 0.5) is 4.79 Å². The Hall–Kier alpha value is -1.52. The molecule has 1 aliphatic heterocycles. The van der Waals surface area contributed by atoms with Crippen LogP contribution in [0.15, 0.2) is 12.2 Å². The second-order valence-corrected chi connectivity index (χ2v) is 5.96. The zero-order valence-electron chi connectivity index (χ0n) is 12.8. The topological polar surface area (TPSA) is 55.8 Å². The fraction of sp³-hybridized carbons (Fsp3) is 0.733. The molecule has 5 heteroatoms. The van der Waals surface area contributed by atoms with Gasteiger partial charge in [-0.15, -0.1) is 0 Å². The molecule has 0 bridgehead atoms. The van der Waals surface area contributed by atoms with Gasteiger partial charge in [-0.1, -0.05) is 12.2 Å². The summed E-state index contributed by atoms with van der Waals surface area (Å²) in [5.41, 5.74) is -0.517. The number of piperidine rings is 1. The van der Waals surface area contributed by atoms with Crippen molar-refractivity contribution in [2.75, 3.05) is 19.7 Å². The third-order valence-corrected chi connectivity index (χ3v) is 2.96. The van der Waals surface area contributed by atoms with Crippen molar-refractivity contribution in [3.63, 3.8) is 0 Å². The molecule has 1 heterocycles. The van der Waals surface area contributed by atoms with Gasteiger partial charge in [0.15, 0.2) is 0 Å². The molecule has 0 N–H and O–H groups in total. The predicted molar refractivity (Wildman–Crippen MR) is 76.3 cm³/mol. The SMILES string of the molecule is C/C=C\COC(=O)C1CCCN(C(=O)OC(C)(C)C)C1.